The molecular formula is C22H17N3O7. The molecule has 0 radical (unpaired) electrons. The molecule has 0 unspecified atom stereocenters. The van der Waals surface area contributed by atoms with Crippen molar-refractivity contribution in [3.63, 3.8) is 0 Å². The fraction of sp³-hybridized carbons (Fsp3) is 0.0909. The first kappa shape index (κ1) is 20.7. The summed E-state index contributed by atoms with van der Waals surface area (Å²) in [4.78, 5) is 40.3. The summed E-state index contributed by atoms with van der Waals surface area (Å²) in [5, 5.41) is 21.5. The molecule has 0 atom stereocenters. The van der Waals surface area contributed by atoms with Gasteiger partial charge >= 0.3 is 18.1 Å². The molecule has 1 aliphatic carbocycles. The predicted octanol–water partition coefficient (Wildman–Crippen LogP) is 3.80. The van der Waals surface area contributed by atoms with Crippen LogP contribution in [0, 0.1) is 6.92 Å². The number of nitrogens with one attached hydrogen (secondary N) is 1. The smallest absolute Gasteiger partial charge is 0.450 e. The lowest BCUT2D eigenvalue weighted by molar-refractivity contribution is -0.158. The third-order valence-corrected chi connectivity index (χ3v) is 5.10. The summed E-state index contributed by atoms with van der Waals surface area (Å²) in [5.74, 6) is -2.85. The van der Waals surface area contributed by atoms with Gasteiger partial charge in [-0.3, -0.25) is 9.78 Å². The van der Waals surface area contributed by atoms with Crippen molar-refractivity contribution in [2.45, 2.75) is 12.7 Å². The molecule has 1 heterocycles. The van der Waals surface area contributed by atoms with Crippen LogP contribution in [0.15, 0.2) is 54.9 Å². The number of aromatic nitrogens is 1. The van der Waals surface area contributed by atoms with Gasteiger partial charge in [0.15, 0.2) is 0 Å². The second kappa shape index (κ2) is 7.58. The van der Waals surface area contributed by atoms with Crippen molar-refractivity contribution in [2.75, 3.05) is 11.1 Å². The molecule has 5 N–H and O–H groups in total. The highest BCUT2D eigenvalue weighted by molar-refractivity contribution is 6.11. The number of hydrogen-bond acceptors (Lipinski definition) is 7. The summed E-state index contributed by atoms with van der Waals surface area (Å²) >= 11 is 0. The Morgan fingerprint density at radius 2 is 1.72 bits per heavy atom. The van der Waals surface area contributed by atoms with Crippen LogP contribution in [0.3, 0.4) is 0 Å². The number of rotatable bonds is 4. The van der Waals surface area contributed by atoms with Crippen molar-refractivity contribution in [2.24, 2.45) is 0 Å². The molecule has 32 heavy (non-hydrogen) atoms. The number of fused-ring (bicyclic) bond motifs is 3. The summed E-state index contributed by atoms with van der Waals surface area (Å²) < 4.78 is 10.1. The standard InChI is InChI=1S/C22H17N3O7/c1-11-6-7-13(19(26)25-16-10-24-9-8-15(16)23)17-12-4-2-3-5-14(12)22(18(11)17,31-20(27)28)32-21(29)30/h2-10H,1H3,(H2,23,24)(H,25,26)(H,27,28)(H,29,30). The highest BCUT2D eigenvalue weighted by Gasteiger charge is 2.53. The van der Waals surface area contributed by atoms with E-state index in [1.807, 2.05) is 0 Å². The van der Waals surface area contributed by atoms with Crippen molar-refractivity contribution < 1.29 is 34.1 Å². The zero-order valence-electron chi connectivity index (χ0n) is 16.7. The van der Waals surface area contributed by atoms with E-state index in [0.29, 0.717) is 22.4 Å². The number of amides is 1. The van der Waals surface area contributed by atoms with Crippen LogP contribution in [0.25, 0.3) is 11.1 Å². The molecule has 0 spiro atoms. The molecule has 1 aliphatic rings. The summed E-state index contributed by atoms with van der Waals surface area (Å²) in [6.07, 6.45) is -0.621. The Hall–Kier alpha value is -4.60. The molecular weight excluding hydrogens is 418 g/mol. The maximum absolute atomic E-state index is 13.2. The van der Waals surface area contributed by atoms with Gasteiger partial charge in [0, 0.05) is 22.9 Å². The van der Waals surface area contributed by atoms with Gasteiger partial charge in [-0.15, -0.1) is 0 Å². The first-order valence-electron chi connectivity index (χ1n) is 9.33. The molecule has 4 rings (SSSR count). The van der Waals surface area contributed by atoms with Crippen LogP contribution in [0.5, 0.6) is 0 Å². The van der Waals surface area contributed by atoms with Gasteiger partial charge in [0.1, 0.15) is 0 Å². The average Bonchev–Trinajstić information content (AvgIpc) is 3.00. The monoisotopic (exact) mass is 435 g/mol. The Bertz CT molecular complexity index is 1260. The van der Waals surface area contributed by atoms with E-state index in [2.05, 4.69) is 10.3 Å². The molecule has 1 aromatic heterocycles. The minimum absolute atomic E-state index is 0.107. The van der Waals surface area contributed by atoms with Gasteiger partial charge in [-0.1, -0.05) is 30.3 Å². The van der Waals surface area contributed by atoms with E-state index in [1.54, 1.807) is 37.3 Å². The van der Waals surface area contributed by atoms with E-state index >= 15 is 0 Å². The Balaban J connectivity index is 1.96. The van der Waals surface area contributed by atoms with Crippen LogP contribution in [0.1, 0.15) is 27.0 Å². The second-order valence-electron chi connectivity index (χ2n) is 7.00. The number of nitrogen functional groups attached to an aromatic ring is 1. The summed E-state index contributed by atoms with van der Waals surface area (Å²) in [7, 11) is 0. The SMILES string of the molecule is Cc1ccc(C(=O)Nc2cnccc2N)c2c1C(OC(=O)O)(OC(=O)O)c1ccccc1-2. The number of aryl methyl sites for hydroxylation is 1. The molecule has 0 bridgehead atoms. The molecule has 0 saturated carbocycles. The molecule has 1 amide bonds. The second-order valence-corrected chi connectivity index (χ2v) is 7.00. The first-order valence-corrected chi connectivity index (χ1v) is 9.33. The lowest BCUT2D eigenvalue weighted by atomic mass is 9.94. The van der Waals surface area contributed by atoms with Crippen molar-refractivity contribution in [3.05, 3.63) is 77.1 Å². The van der Waals surface area contributed by atoms with E-state index in [0.717, 1.165) is 0 Å². The lowest BCUT2D eigenvalue weighted by Crippen LogP contribution is -2.37. The highest BCUT2D eigenvalue weighted by atomic mass is 16.8. The fourth-order valence-corrected chi connectivity index (χ4v) is 3.90. The number of nitrogens with two attached hydrogens (primary N) is 1. The molecule has 162 valence electrons. The highest BCUT2D eigenvalue weighted by Crippen LogP contribution is 2.53. The predicted molar refractivity (Wildman–Crippen MR) is 112 cm³/mol. The number of carboxylic acid groups (broad SMARTS) is 2. The van der Waals surface area contributed by atoms with Gasteiger partial charge < -0.3 is 30.7 Å². The number of nitrogens with zero attached hydrogens (tertiary/aromatic N) is 1. The number of carbonyl (C=O) groups is 3. The normalized spacial score (nSPS) is 12.9. The van der Waals surface area contributed by atoms with Crippen LogP contribution in [-0.2, 0) is 15.3 Å². The number of carbonyl (C=O) groups excluding carboxylic acids is 1. The molecule has 10 heteroatoms. The van der Waals surface area contributed by atoms with E-state index in [-0.39, 0.29) is 22.4 Å². The molecule has 3 aromatic rings. The Labute approximate surface area is 181 Å². The largest absolute Gasteiger partial charge is 0.509 e. The van der Waals surface area contributed by atoms with Crippen molar-refractivity contribution in [3.8, 4) is 11.1 Å². The van der Waals surface area contributed by atoms with Crippen LogP contribution in [0.4, 0.5) is 21.0 Å². The van der Waals surface area contributed by atoms with Crippen molar-refractivity contribution >= 4 is 29.6 Å². The number of ether oxygens (including phenoxy) is 2. The van der Waals surface area contributed by atoms with E-state index < -0.39 is 24.0 Å². The number of anilines is 2. The number of pyridine rings is 1. The molecule has 10 nitrogen and oxygen atoms in total. The topological polar surface area (TPSA) is 161 Å². The number of benzene rings is 2. The third kappa shape index (κ3) is 3.23. The van der Waals surface area contributed by atoms with E-state index in [4.69, 9.17) is 15.2 Å². The summed E-state index contributed by atoms with van der Waals surface area (Å²) in [6, 6.07) is 11.0. The zero-order chi connectivity index (χ0) is 23.0. The lowest BCUT2D eigenvalue weighted by Gasteiger charge is -2.29. The minimum atomic E-state index is -2.29. The van der Waals surface area contributed by atoms with Crippen molar-refractivity contribution in [1.82, 2.24) is 4.98 Å². The Morgan fingerprint density at radius 1 is 1.03 bits per heavy atom. The van der Waals surface area contributed by atoms with Gasteiger partial charge in [0.05, 0.1) is 23.1 Å². The quantitative estimate of drug-likeness (QED) is 0.353. The van der Waals surface area contributed by atoms with Crippen LogP contribution in [-0.4, -0.2) is 33.4 Å². The Morgan fingerprint density at radius 3 is 2.38 bits per heavy atom. The van der Waals surface area contributed by atoms with Gasteiger partial charge in [-0.2, -0.15) is 0 Å². The number of hydrogen-bond donors (Lipinski definition) is 4. The minimum Gasteiger partial charge on any atom is -0.450 e. The maximum Gasteiger partial charge on any atom is 0.509 e. The van der Waals surface area contributed by atoms with Gasteiger partial charge in [0.25, 0.3) is 5.91 Å². The summed E-state index contributed by atoms with van der Waals surface area (Å²) in [5.41, 5.74) is 8.03. The van der Waals surface area contributed by atoms with E-state index in [1.165, 1.54) is 24.5 Å². The van der Waals surface area contributed by atoms with E-state index in [9.17, 15) is 24.6 Å². The fourth-order valence-electron chi connectivity index (χ4n) is 3.90. The molecule has 0 saturated heterocycles. The average molecular weight is 435 g/mol. The van der Waals surface area contributed by atoms with Gasteiger partial charge in [-0.25, -0.2) is 9.59 Å². The maximum atomic E-state index is 13.2. The molecule has 2 aromatic carbocycles. The van der Waals surface area contributed by atoms with Crippen LogP contribution in [0.2, 0.25) is 0 Å². The molecule has 0 fully saturated rings. The zero-order valence-corrected chi connectivity index (χ0v) is 16.7. The first-order chi connectivity index (χ1) is 15.2. The Kier molecular flexibility index (Phi) is 4.90. The van der Waals surface area contributed by atoms with Crippen molar-refractivity contribution in [1.29, 1.82) is 0 Å². The van der Waals surface area contributed by atoms with Crippen LogP contribution < -0.4 is 11.1 Å². The van der Waals surface area contributed by atoms with Crippen LogP contribution >= 0.6 is 0 Å². The van der Waals surface area contributed by atoms with Gasteiger partial charge in [-0.05, 0) is 30.2 Å². The molecule has 0 aliphatic heterocycles. The van der Waals surface area contributed by atoms with Gasteiger partial charge in [0.2, 0.25) is 0 Å². The summed E-state index contributed by atoms with van der Waals surface area (Å²) in [6.45, 7) is 1.64. The third-order valence-electron chi connectivity index (χ3n) is 5.10.